The van der Waals surface area contributed by atoms with Crippen LogP contribution in [0.5, 0.6) is 0 Å². The van der Waals surface area contributed by atoms with Gasteiger partial charge in [0.25, 0.3) is 0 Å². The van der Waals surface area contributed by atoms with Gasteiger partial charge in [-0.25, -0.2) is 9.78 Å². The highest BCUT2D eigenvalue weighted by Gasteiger charge is 2.24. The second-order valence-corrected chi connectivity index (χ2v) is 5.65. The average molecular weight is 341 g/mol. The first-order valence-electron chi connectivity index (χ1n) is 5.62. The van der Waals surface area contributed by atoms with Crippen molar-refractivity contribution in [3.05, 3.63) is 44.8 Å². The van der Waals surface area contributed by atoms with Gasteiger partial charge in [-0.1, -0.05) is 12.1 Å². The number of halogens is 1. The highest BCUT2D eigenvalue weighted by Crippen LogP contribution is 2.28. The molecule has 2 aromatic rings. The summed E-state index contributed by atoms with van der Waals surface area (Å²) < 4.78 is 5.72. The fourth-order valence-electron chi connectivity index (χ4n) is 1.58. The van der Waals surface area contributed by atoms with E-state index < -0.39 is 6.04 Å². The number of para-hydroxylation sites is 1. The van der Waals surface area contributed by atoms with Crippen molar-refractivity contribution < 1.29 is 9.53 Å². The molecule has 0 aliphatic heterocycles. The molecule has 0 amide bonds. The van der Waals surface area contributed by atoms with Gasteiger partial charge in [0.15, 0.2) is 6.04 Å². The molecule has 1 unspecified atom stereocenters. The number of aryl methyl sites for hydroxylation is 1. The first kappa shape index (κ1) is 14.0. The van der Waals surface area contributed by atoms with Gasteiger partial charge in [0, 0.05) is 21.2 Å². The van der Waals surface area contributed by atoms with E-state index in [0.717, 1.165) is 15.9 Å². The number of aromatic nitrogens is 1. The minimum absolute atomic E-state index is 0.356. The molecule has 0 aliphatic carbocycles. The molecule has 0 radical (unpaired) electrons. The van der Waals surface area contributed by atoms with Crippen molar-refractivity contribution >= 4 is 38.9 Å². The van der Waals surface area contributed by atoms with E-state index >= 15 is 0 Å². The Balaban J connectivity index is 2.29. The topological polar surface area (TPSA) is 51.2 Å². The van der Waals surface area contributed by atoms with E-state index in [2.05, 4.69) is 26.2 Å². The maximum Gasteiger partial charge on any atom is 0.335 e. The maximum atomic E-state index is 11.9. The molecule has 1 atom stereocenters. The molecule has 0 fully saturated rings. The van der Waals surface area contributed by atoms with Crippen LogP contribution in [0.2, 0.25) is 0 Å². The molecule has 0 saturated heterocycles. The number of hydrogen-bond donors (Lipinski definition) is 1. The van der Waals surface area contributed by atoms with Crippen LogP contribution in [0.4, 0.5) is 5.69 Å². The third kappa shape index (κ3) is 3.33. The summed E-state index contributed by atoms with van der Waals surface area (Å²) in [4.78, 5) is 16.2. The van der Waals surface area contributed by atoms with Crippen LogP contribution in [-0.2, 0) is 9.53 Å². The number of hydrogen-bond acceptors (Lipinski definition) is 5. The van der Waals surface area contributed by atoms with Crippen LogP contribution < -0.4 is 5.32 Å². The lowest BCUT2D eigenvalue weighted by atomic mass is 10.2. The molecule has 0 aliphatic rings. The molecule has 1 aromatic carbocycles. The number of thiazole rings is 1. The normalized spacial score (nSPS) is 11.9. The highest BCUT2D eigenvalue weighted by molar-refractivity contribution is 9.10. The summed E-state index contributed by atoms with van der Waals surface area (Å²) in [5.74, 6) is -0.356. The average Bonchev–Trinajstić information content (AvgIpc) is 2.83. The van der Waals surface area contributed by atoms with Gasteiger partial charge in [0.1, 0.15) is 5.01 Å². The van der Waals surface area contributed by atoms with Gasteiger partial charge < -0.3 is 10.1 Å². The molecule has 100 valence electrons. The maximum absolute atomic E-state index is 11.9. The summed E-state index contributed by atoms with van der Waals surface area (Å²) in [6.07, 6.45) is 0. The Labute approximate surface area is 124 Å². The van der Waals surface area contributed by atoms with Gasteiger partial charge >= 0.3 is 5.97 Å². The van der Waals surface area contributed by atoms with E-state index in [1.165, 1.54) is 18.4 Å². The van der Waals surface area contributed by atoms with Crippen LogP contribution in [0, 0.1) is 6.92 Å². The first-order valence-corrected chi connectivity index (χ1v) is 7.30. The molecular formula is C13H13BrN2O2S. The fourth-order valence-corrected chi connectivity index (χ4v) is 2.81. The van der Waals surface area contributed by atoms with Gasteiger partial charge in [-0.05, 0) is 35.0 Å². The predicted octanol–water partition coefficient (Wildman–Crippen LogP) is 3.54. The van der Waals surface area contributed by atoms with Crippen LogP contribution in [0.1, 0.15) is 16.7 Å². The summed E-state index contributed by atoms with van der Waals surface area (Å²) in [7, 11) is 1.37. The Morgan fingerprint density at radius 1 is 1.47 bits per heavy atom. The van der Waals surface area contributed by atoms with E-state index in [-0.39, 0.29) is 5.97 Å². The molecule has 1 N–H and O–H groups in total. The molecule has 0 saturated carbocycles. The highest BCUT2D eigenvalue weighted by atomic mass is 79.9. The second-order valence-electron chi connectivity index (χ2n) is 3.91. The number of carbonyl (C=O) groups excluding carboxylic acids is 1. The van der Waals surface area contributed by atoms with Crippen molar-refractivity contribution in [3.8, 4) is 0 Å². The van der Waals surface area contributed by atoms with Gasteiger partial charge in [-0.15, -0.1) is 11.3 Å². The Kier molecular flexibility index (Phi) is 4.55. The lowest BCUT2D eigenvalue weighted by Gasteiger charge is -2.16. The number of carbonyl (C=O) groups is 1. The number of esters is 1. The number of nitrogens with zero attached hydrogens (tertiary/aromatic N) is 1. The fraction of sp³-hybridized carbons (Fsp3) is 0.231. The molecule has 6 heteroatoms. The van der Waals surface area contributed by atoms with Crippen molar-refractivity contribution in [1.29, 1.82) is 0 Å². The molecule has 1 heterocycles. The monoisotopic (exact) mass is 340 g/mol. The zero-order valence-corrected chi connectivity index (χ0v) is 12.9. The van der Waals surface area contributed by atoms with E-state index in [1.807, 2.05) is 36.6 Å². The summed E-state index contributed by atoms with van der Waals surface area (Å²) in [5, 5.41) is 5.76. The van der Waals surface area contributed by atoms with Crippen LogP contribution in [0.15, 0.2) is 34.1 Å². The van der Waals surface area contributed by atoms with Crippen molar-refractivity contribution in [1.82, 2.24) is 4.98 Å². The van der Waals surface area contributed by atoms with Gasteiger partial charge in [-0.3, -0.25) is 0 Å². The minimum atomic E-state index is -0.595. The van der Waals surface area contributed by atoms with Gasteiger partial charge in [0.05, 0.1) is 7.11 Å². The lowest BCUT2D eigenvalue weighted by Crippen LogP contribution is -2.22. The Hall–Kier alpha value is -1.40. The van der Waals surface area contributed by atoms with Gasteiger partial charge in [0.2, 0.25) is 0 Å². The van der Waals surface area contributed by atoms with E-state index in [4.69, 9.17) is 4.74 Å². The standard InChI is InChI=1S/C13H13BrN2O2S/c1-8-7-19-12(15-8)11(13(17)18-2)16-10-6-4-3-5-9(10)14/h3-7,11,16H,1-2H3. The first-order chi connectivity index (χ1) is 9.11. The summed E-state index contributed by atoms with van der Waals surface area (Å²) >= 11 is 4.88. The Morgan fingerprint density at radius 2 is 2.21 bits per heavy atom. The number of benzene rings is 1. The summed E-state index contributed by atoms with van der Waals surface area (Å²) in [5.41, 5.74) is 1.72. The number of ether oxygens (including phenoxy) is 1. The molecule has 1 aromatic heterocycles. The van der Waals surface area contributed by atoms with Crippen LogP contribution in [-0.4, -0.2) is 18.1 Å². The molecule has 0 bridgehead atoms. The third-order valence-corrected chi connectivity index (χ3v) is 4.21. The summed E-state index contributed by atoms with van der Waals surface area (Å²) in [6, 6.07) is 7.01. The van der Waals surface area contributed by atoms with Crippen molar-refractivity contribution in [2.24, 2.45) is 0 Å². The lowest BCUT2D eigenvalue weighted by molar-refractivity contribution is -0.141. The molecule has 2 rings (SSSR count). The number of anilines is 1. The Morgan fingerprint density at radius 3 is 2.79 bits per heavy atom. The number of rotatable bonds is 4. The number of methoxy groups -OCH3 is 1. The van der Waals surface area contributed by atoms with Crippen LogP contribution >= 0.6 is 27.3 Å². The van der Waals surface area contributed by atoms with Crippen molar-refractivity contribution in [2.45, 2.75) is 13.0 Å². The molecule has 0 spiro atoms. The van der Waals surface area contributed by atoms with E-state index in [0.29, 0.717) is 5.01 Å². The smallest absolute Gasteiger partial charge is 0.335 e. The quantitative estimate of drug-likeness (QED) is 0.865. The zero-order chi connectivity index (χ0) is 13.8. The summed E-state index contributed by atoms with van der Waals surface area (Å²) in [6.45, 7) is 1.90. The van der Waals surface area contributed by atoms with Gasteiger partial charge in [-0.2, -0.15) is 0 Å². The molecule has 19 heavy (non-hydrogen) atoms. The minimum Gasteiger partial charge on any atom is -0.467 e. The molecular weight excluding hydrogens is 328 g/mol. The second kappa shape index (κ2) is 6.16. The Bertz CT molecular complexity index is 586. The number of nitrogens with one attached hydrogen (secondary N) is 1. The van der Waals surface area contributed by atoms with Crippen molar-refractivity contribution in [3.63, 3.8) is 0 Å². The van der Waals surface area contributed by atoms with E-state index in [9.17, 15) is 4.79 Å². The predicted molar refractivity (Wildman–Crippen MR) is 79.4 cm³/mol. The van der Waals surface area contributed by atoms with E-state index in [1.54, 1.807) is 0 Å². The SMILES string of the molecule is COC(=O)C(Nc1ccccc1Br)c1nc(C)cs1. The largest absolute Gasteiger partial charge is 0.467 e. The van der Waals surface area contributed by atoms with Crippen LogP contribution in [0.3, 0.4) is 0 Å². The van der Waals surface area contributed by atoms with Crippen molar-refractivity contribution in [2.75, 3.05) is 12.4 Å². The third-order valence-electron chi connectivity index (χ3n) is 2.49. The molecule has 4 nitrogen and oxygen atoms in total. The zero-order valence-electron chi connectivity index (χ0n) is 10.5. The van der Waals surface area contributed by atoms with Crippen LogP contribution in [0.25, 0.3) is 0 Å².